The van der Waals surface area contributed by atoms with Gasteiger partial charge in [-0.05, 0) is 42.9 Å². The second-order valence-electron chi connectivity index (χ2n) is 5.68. The zero-order valence-corrected chi connectivity index (χ0v) is 15.8. The Balaban J connectivity index is 2.21. The molecule has 0 bridgehead atoms. The van der Waals surface area contributed by atoms with Gasteiger partial charge in [0, 0.05) is 12.6 Å². The van der Waals surface area contributed by atoms with Crippen molar-refractivity contribution in [2.75, 3.05) is 26.7 Å². The lowest BCUT2D eigenvalue weighted by Gasteiger charge is -2.30. The van der Waals surface area contributed by atoms with Crippen molar-refractivity contribution in [2.45, 2.75) is 24.8 Å². The van der Waals surface area contributed by atoms with E-state index in [1.165, 1.54) is 0 Å². The minimum Gasteiger partial charge on any atom is -0.497 e. The normalized spacial score (nSPS) is 13.0. The van der Waals surface area contributed by atoms with Crippen LogP contribution in [0, 0.1) is 0 Å². The molecular formula is C19H26N2O3S. The summed E-state index contributed by atoms with van der Waals surface area (Å²) < 4.78 is 33.0. The minimum atomic E-state index is -3.53. The molecule has 0 fully saturated rings. The van der Waals surface area contributed by atoms with Crippen LogP contribution >= 0.6 is 0 Å². The molecule has 25 heavy (non-hydrogen) atoms. The maximum Gasteiger partial charge on any atom is 0.240 e. The Kier molecular flexibility index (Phi) is 6.99. The molecule has 1 unspecified atom stereocenters. The number of sulfonamides is 1. The summed E-state index contributed by atoms with van der Waals surface area (Å²) in [5.41, 5.74) is 1.06. The van der Waals surface area contributed by atoms with Crippen LogP contribution in [0.5, 0.6) is 5.75 Å². The SMILES string of the molecule is CCN(CC)C(CNS(=O)(=O)c1ccccc1)c1ccc(OC)cc1. The molecular weight excluding hydrogens is 336 g/mol. The number of rotatable bonds is 9. The summed E-state index contributed by atoms with van der Waals surface area (Å²) in [4.78, 5) is 2.51. The lowest BCUT2D eigenvalue weighted by atomic mass is 10.1. The molecule has 0 amide bonds. The standard InChI is InChI=1S/C19H26N2O3S/c1-4-21(5-2)19(16-11-13-17(24-3)14-12-16)15-20-25(22,23)18-9-7-6-8-10-18/h6-14,19-20H,4-5,15H2,1-3H3. The molecule has 0 saturated heterocycles. The van der Waals surface area contributed by atoms with Crippen molar-refractivity contribution in [2.24, 2.45) is 0 Å². The molecule has 0 heterocycles. The molecule has 1 atom stereocenters. The number of nitrogens with zero attached hydrogens (tertiary/aromatic N) is 1. The van der Waals surface area contributed by atoms with Crippen LogP contribution < -0.4 is 9.46 Å². The summed E-state index contributed by atoms with van der Waals surface area (Å²) >= 11 is 0. The second kappa shape index (κ2) is 8.99. The lowest BCUT2D eigenvalue weighted by Crippen LogP contribution is -2.38. The van der Waals surface area contributed by atoms with Gasteiger partial charge in [0.05, 0.1) is 12.0 Å². The van der Waals surface area contributed by atoms with Crippen LogP contribution in [0.25, 0.3) is 0 Å². The van der Waals surface area contributed by atoms with E-state index in [0.717, 1.165) is 24.4 Å². The first-order chi connectivity index (χ1) is 12.0. The van der Waals surface area contributed by atoms with Gasteiger partial charge < -0.3 is 4.74 Å². The lowest BCUT2D eigenvalue weighted by molar-refractivity contribution is 0.220. The van der Waals surface area contributed by atoms with Crippen LogP contribution in [0.2, 0.25) is 0 Å². The number of hydrogen-bond donors (Lipinski definition) is 1. The van der Waals surface area contributed by atoms with Gasteiger partial charge >= 0.3 is 0 Å². The Labute approximate surface area is 150 Å². The van der Waals surface area contributed by atoms with Gasteiger partial charge in [-0.15, -0.1) is 0 Å². The van der Waals surface area contributed by atoms with E-state index in [1.54, 1.807) is 37.4 Å². The van der Waals surface area contributed by atoms with E-state index in [1.807, 2.05) is 24.3 Å². The van der Waals surface area contributed by atoms with Gasteiger partial charge in [-0.25, -0.2) is 13.1 Å². The number of methoxy groups -OCH3 is 1. The van der Waals surface area contributed by atoms with E-state index < -0.39 is 10.0 Å². The van der Waals surface area contributed by atoms with E-state index in [9.17, 15) is 8.42 Å². The molecule has 5 nitrogen and oxygen atoms in total. The van der Waals surface area contributed by atoms with Crippen LogP contribution in [0.4, 0.5) is 0 Å². The van der Waals surface area contributed by atoms with Gasteiger partial charge in [-0.2, -0.15) is 0 Å². The Morgan fingerprint density at radius 2 is 1.60 bits per heavy atom. The highest BCUT2D eigenvalue weighted by molar-refractivity contribution is 7.89. The third kappa shape index (κ3) is 5.04. The summed E-state index contributed by atoms with van der Waals surface area (Å²) in [6, 6.07) is 16.2. The van der Waals surface area contributed by atoms with Gasteiger partial charge in [0.1, 0.15) is 5.75 Å². The summed E-state index contributed by atoms with van der Waals surface area (Å²) in [6.45, 7) is 6.13. The van der Waals surface area contributed by atoms with Crippen molar-refractivity contribution < 1.29 is 13.2 Å². The predicted octanol–water partition coefficient (Wildman–Crippen LogP) is 3.06. The number of hydrogen-bond acceptors (Lipinski definition) is 4. The van der Waals surface area contributed by atoms with Crippen LogP contribution in [-0.2, 0) is 10.0 Å². The van der Waals surface area contributed by atoms with Crippen LogP contribution in [0.3, 0.4) is 0 Å². The Morgan fingerprint density at radius 1 is 1.00 bits per heavy atom. The Morgan fingerprint density at radius 3 is 2.12 bits per heavy atom. The third-order valence-electron chi connectivity index (χ3n) is 4.27. The molecule has 0 aliphatic rings. The summed E-state index contributed by atoms with van der Waals surface area (Å²) in [5.74, 6) is 0.784. The zero-order chi connectivity index (χ0) is 18.3. The van der Waals surface area contributed by atoms with Crippen LogP contribution in [0.1, 0.15) is 25.5 Å². The average Bonchev–Trinajstić information content (AvgIpc) is 2.66. The van der Waals surface area contributed by atoms with Crippen molar-refractivity contribution in [3.63, 3.8) is 0 Å². The van der Waals surface area contributed by atoms with Crippen molar-refractivity contribution in [3.8, 4) is 5.75 Å². The van der Waals surface area contributed by atoms with E-state index in [-0.39, 0.29) is 10.9 Å². The number of benzene rings is 2. The Hall–Kier alpha value is -1.89. The molecule has 1 N–H and O–H groups in total. The molecule has 0 aromatic heterocycles. The molecule has 136 valence electrons. The van der Waals surface area contributed by atoms with Crippen molar-refractivity contribution >= 4 is 10.0 Å². The summed E-state index contributed by atoms with van der Waals surface area (Å²) in [5, 5.41) is 0. The maximum atomic E-state index is 12.5. The number of likely N-dealkylation sites (N-methyl/N-ethyl adjacent to an activating group) is 1. The minimum absolute atomic E-state index is 0.0422. The molecule has 0 spiro atoms. The highest BCUT2D eigenvalue weighted by Gasteiger charge is 2.21. The van der Waals surface area contributed by atoms with Crippen LogP contribution in [0.15, 0.2) is 59.5 Å². The molecule has 2 aromatic rings. The fourth-order valence-electron chi connectivity index (χ4n) is 2.82. The van der Waals surface area contributed by atoms with Gasteiger partial charge in [0.25, 0.3) is 0 Å². The molecule has 0 radical (unpaired) electrons. The quantitative estimate of drug-likeness (QED) is 0.745. The van der Waals surface area contributed by atoms with Crippen molar-refractivity contribution in [1.29, 1.82) is 0 Å². The van der Waals surface area contributed by atoms with Gasteiger partial charge in [-0.1, -0.05) is 44.2 Å². The first-order valence-corrected chi connectivity index (χ1v) is 9.92. The van der Waals surface area contributed by atoms with E-state index >= 15 is 0 Å². The first-order valence-electron chi connectivity index (χ1n) is 8.44. The largest absolute Gasteiger partial charge is 0.497 e. The first kappa shape index (κ1) is 19.4. The van der Waals surface area contributed by atoms with Gasteiger partial charge in [-0.3, -0.25) is 4.90 Å². The molecule has 0 aliphatic heterocycles. The van der Waals surface area contributed by atoms with Gasteiger partial charge in [0.15, 0.2) is 0 Å². The molecule has 2 aromatic carbocycles. The van der Waals surface area contributed by atoms with Gasteiger partial charge in [0.2, 0.25) is 10.0 Å². The second-order valence-corrected chi connectivity index (χ2v) is 7.44. The molecule has 0 aliphatic carbocycles. The Bertz CT molecular complexity index is 742. The number of nitrogens with one attached hydrogen (secondary N) is 1. The zero-order valence-electron chi connectivity index (χ0n) is 15.0. The van der Waals surface area contributed by atoms with E-state index in [0.29, 0.717) is 6.54 Å². The average molecular weight is 362 g/mol. The smallest absolute Gasteiger partial charge is 0.240 e. The van der Waals surface area contributed by atoms with Crippen molar-refractivity contribution in [1.82, 2.24) is 9.62 Å². The highest BCUT2D eigenvalue weighted by atomic mass is 32.2. The molecule has 6 heteroatoms. The summed E-state index contributed by atoms with van der Waals surface area (Å²) in [6.07, 6.45) is 0. The van der Waals surface area contributed by atoms with E-state index in [2.05, 4.69) is 23.5 Å². The third-order valence-corrected chi connectivity index (χ3v) is 5.71. The summed E-state index contributed by atoms with van der Waals surface area (Å²) in [7, 11) is -1.90. The molecule has 2 rings (SSSR count). The monoisotopic (exact) mass is 362 g/mol. The highest BCUT2D eigenvalue weighted by Crippen LogP contribution is 2.23. The van der Waals surface area contributed by atoms with Crippen LogP contribution in [-0.4, -0.2) is 40.1 Å². The fraction of sp³-hybridized carbons (Fsp3) is 0.368. The maximum absolute atomic E-state index is 12.5. The number of ether oxygens (including phenoxy) is 1. The van der Waals surface area contributed by atoms with E-state index in [4.69, 9.17) is 4.74 Å². The predicted molar refractivity (Wildman–Crippen MR) is 100 cm³/mol. The fourth-order valence-corrected chi connectivity index (χ4v) is 3.88. The molecule has 0 saturated carbocycles. The topological polar surface area (TPSA) is 58.6 Å². The van der Waals surface area contributed by atoms with Crippen molar-refractivity contribution in [3.05, 3.63) is 60.2 Å².